The molecule has 2 aliphatic heterocycles. The smallest absolute Gasteiger partial charge is 0.243 e. The van der Waals surface area contributed by atoms with Gasteiger partial charge in [-0.25, -0.2) is 0 Å². The molecule has 3 aliphatic rings. The molecule has 3 fully saturated rings. The molecule has 0 aromatic carbocycles. The second-order valence-electron chi connectivity index (χ2n) is 4.06. The Morgan fingerprint density at radius 1 is 1.31 bits per heavy atom. The first-order valence-electron chi connectivity index (χ1n) is 4.40. The average Bonchev–Trinajstić information content (AvgIpc) is 2.08. The average molecular weight is 183 g/mol. The van der Waals surface area contributed by atoms with Crippen molar-refractivity contribution in [3.63, 3.8) is 0 Å². The molecule has 2 bridgehead atoms. The van der Waals surface area contributed by atoms with Crippen LogP contribution >= 0.6 is 0 Å². The Labute approximate surface area is 75.8 Å². The summed E-state index contributed by atoms with van der Waals surface area (Å²) in [6, 6.07) is 0. The highest BCUT2D eigenvalue weighted by molar-refractivity contribution is 5.97. The van der Waals surface area contributed by atoms with Crippen molar-refractivity contribution in [3.8, 4) is 0 Å². The SMILES string of the molecule is NC(=O)C12CCC(N)(CC1)C(=O)N2. The molecule has 5 N–H and O–H groups in total. The quantitative estimate of drug-likeness (QED) is 0.467. The van der Waals surface area contributed by atoms with Crippen molar-refractivity contribution in [2.75, 3.05) is 0 Å². The summed E-state index contributed by atoms with van der Waals surface area (Å²) in [5.41, 5.74) is 9.52. The Morgan fingerprint density at radius 3 is 2.23 bits per heavy atom. The first-order chi connectivity index (χ1) is 5.99. The van der Waals surface area contributed by atoms with Crippen molar-refractivity contribution in [1.29, 1.82) is 0 Å². The van der Waals surface area contributed by atoms with Crippen LogP contribution < -0.4 is 16.8 Å². The third-order valence-corrected chi connectivity index (χ3v) is 3.27. The number of amides is 2. The number of primary amides is 1. The summed E-state index contributed by atoms with van der Waals surface area (Å²) in [7, 11) is 0. The summed E-state index contributed by atoms with van der Waals surface area (Å²) in [6.45, 7) is 0. The lowest BCUT2D eigenvalue weighted by molar-refractivity contribution is -0.144. The van der Waals surface area contributed by atoms with Crippen LogP contribution in [-0.2, 0) is 9.59 Å². The maximum Gasteiger partial charge on any atom is 0.243 e. The Hall–Kier alpha value is -1.10. The number of piperidine rings is 2. The molecule has 0 aromatic rings. The van der Waals surface area contributed by atoms with E-state index >= 15 is 0 Å². The van der Waals surface area contributed by atoms with Gasteiger partial charge in [0.2, 0.25) is 11.8 Å². The van der Waals surface area contributed by atoms with Crippen LogP contribution in [0.5, 0.6) is 0 Å². The van der Waals surface area contributed by atoms with Gasteiger partial charge < -0.3 is 16.8 Å². The fraction of sp³-hybridized carbons (Fsp3) is 0.750. The number of nitrogens with two attached hydrogens (primary N) is 2. The molecule has 3 rings (SSSR count). The Bertz CT molecular complexity index is 279. The summed E-state index contributed by atoms with van der Waals surface area (Å²) < 4.78 is 0. The highest BCUT2D eigenvalue weighted by Gasteiger charge is 2.54. The largest absolute Gasteiger partial charge is 0.368 e. The molecule has 2 heterocycles. The highest BCUT2D eigenvalue weighted by Crippen LogP contribution is 2.38. The molecule has 72 valence electrons. The van der Waals surface area contributed by atoms with Crippen LogP contribution in [0.1, 0.15) is 25.7 Å². The maximum atomic E-state index is 11.4. The van der Waals surface area contributed by atoms with E-state index in [4.69, 9.17) is 11.5 Å². The number of carbonyl (C=O) groups is 2. The monoisotopic (exact) mass is 183 g/mol. The Kier molecular flexibility index (Phi) is 1.46. The summed E-state index contributed by atoms with van der Waals surface area (Å²) >= 11 is 0. The third-order valence-electron chi connectivity index (χ3n) is 3.27. The van der Waals surface area contributed by atoms with Crippen LogP contribution in [0.4, 0.5) is 0 Å². The van der Waals surface area contributed by atoms with Crippen LogP contribution in [0.15, 0.2) is 0 Å². The number of carbonyl (C=O) groups excluding carboxylic acids is 2. The van der Waals surface area contributed by atoms with Crippen LogP contribution in [-0.4, -0.2) is 22.9 Å². The summed E-state index contributed by atoms with van der Waals surface area (Å²) in [6.07, 6.45) is 2.26. The van der Waals surface area contributed by atoms with Crippen LogP contribution in [0.25, 0.3) is 0 Å². The number of nitrogens with one attached hydrogen (secondary N) is 1. The Balaban J connectivity index is 2.31. The fourth-order valence-electron chi connectivity index (χ4n) is 2.12. The molecule has 1 aliphatic carbocycles. The highest BCUT2D eigenvalue weighted by atomic mass is 16.2. The lowest BCUT2D eigenvalue weighted by Crippen LogP contribution is -2.73. The third kappa shape index (κ3) is 0.966. The van der Waals surface area contributed by atoms with Gasteiger partial charge in [0.15, 0.2) is 0 Å². The lowest BCUT2D eigenvalue weighted by Gasteiger charge is -2.49. The first-order valence-corrected chi connectivity index (χ1v) is 4.40. The summed E-state index contributed by atoms with van der Waals surface area (Å²) in [4.78, 5) is 22.6. The van der Waals surface area contributed by atoms with E-state index in [2.05, 4.69) is 5.32 Å². The van der Waals surface area contributed by atoms with E-state index in [1.165, 1.54) is 0 Å². The summed E-state index contributed by atoms with van der Waals surface area (Å²) in [5, 5.41) is 2.63. The van der Waals surface area contributed by atoms with Crippen molar-refractivity contribution in [2.45, 2.75) is 36.8 Å². The molecule has 13 heavy (non-hydrogen) atoms. The van der Waals surface area contributed by atoms with E-state index in [0.29, 0.717) is 25.7 Å². The van der Waals surface area contributed by atoms with Gasteiger partial charge >= 0.3 is 0 Å². The zero-order chi connectivity index (χ0) is 9.69. The van der Waals surface area contributed by atoms with Gasteiger partial charge in [0.25, 0.3) is 0 Å². The molecule has 5 heteroatoms. The standard InChI is InChI=1S/C8H13N3O2/c9-5(12)8-3-1-7(10,2-4-8)6(13)11-8/h1-4,10H2,(H2,9,12)(H,11,13). The molecule has 0 atom stereocenters. The molecule has 0 radical (unpaired) electrons. The van der Waals surface area contributed by atoms with Gasteiger partial charge in [-0.1, -0.05) is 0 Å². The van der Waals surface area contributed by atoms with Gasteiger partial charge in [-0.2, -0.15) is 0 Å². The van der Waals surface area contributed by atoms with Crippen molar-refractivity contribution < 1.29 is 9.59 Å². The normalized spacial score (nSPS) is 43.0. The number of rotatable bonds is 1. The molecule has 2 amide bonds. The van der Waals surface area contributed by atoms with Crippen molar-refractivity contribution in [2.24, 2.45) is 11.5 Å². The molecular formula is C8H13N3O2. The van der Waals surface area contributed by atoms with Crippen molar-refractivity contribution >= 4 is 11.8 Å². The van der Waals surface area contributed by atoms with E-state index < -0.39 is 17.0 Å². The minimum Gasteiger partial charge on any atom is -0.368 e. The molecule has 2 saturated heterocycles. The van der Waals surface area contributed by atoms with Gasteiger partial charge in [0.1, 0.15) is 5.54 Å². The minimum atomic E-state index is -0.807. The predicted octanol–water partition coefficient (Wildman–Crippen LogP) is -1.39. The number of fused-ring (bicyclic) bond motifs is 3. The molecule has 1 saturated carbocycles. The maximum absolute atomic E-state index is 11.4. The van der Waals surface area contributed by atoms with E-state index in [-0.39, 0.29) is 5.91 Å². The first kappa shape index (κ1) is 8.50. The fourth-order valence-corrected chi connectivity index (χ4v) is 2.12. The lowest BCUT2D eigenvalue weighted by atomic mass is 9.67. The molecular weight excluding hydrogens is 170 g/mol. The predicted molar refractivity (Wildman–Crippen MR) is 45.5 cm³/mol. The van der Waals surface area contributed by atoms with Gasteiger partial charge in [-0.3, -0.25) is 9.59 Å². The van der Waals surface area contributed by atoms with Gasteiger partial charge in [-0.15, -0.1) is 0 Å². The minimum absolute atomic E-state index is 0.233. The van der Waals surface area contributed by atoms with E-state index in [1.807, 2.05) is 0 Å². The van der Waals surface area contributed by atoms with Crippen molar-refractivity contribution in [3.05, 3.63) is 0 Å². The molecule has 0 spiro atoms. The molecule has 5 nitrogen and oxygen atoms in total. The van der Waals surface area contributed by atoms with Gasteiger partial charge in [0, 0.05) is 0 Å². The number of hydrogen-bond donors (Lipinski definition) is 3. The Morgan fingerprint density at radius 2 is 1.85 bits per heavy atom. The van der Waals surface area contributed by atoms with E-state index in [0.717, 1.165) is 0 Å². The van der Waals surface area contributed by atoms with E-state index in [1.54, 1.807) is 0 Å². The zero-order valence-corrected chi connectivity index (χ0v) is 7.30. The van der Waals surface area contributed by atoms with Crippen LogP contribution in [0, 0.1) is 0 Å². The van der Waals surface area contributed by atoms with Crippen molar-refractivity contribution in [1.82, 2.24) is 5.32 Å². The second kappa shape index (κ2) is 2.23. The molecule has 0 unspecified atom stereocenters. The van der Waals surface area contributed by atoms with Gasteiger partial charge in [0.05, 0.1) is 5.54 Å². The topological polar surface area (TPSA) is 98.2 Å². The summed E-state index contributed by atoms with van der Waals surface area (Å²) in [5.74, 6) is -0.675. The van der Waals surface area contributed by atoms with Crippen LogP contribution in [0.3, 0.4) is 0 Å². The second-order valence-corrected chi connectivity index (χ2v) is 4.06. The van der Waals surface area contributed by atoms with E-state index in [9.17, 15) is 9.59 Å². The van der Waals surface area contributed by atoms with Crippen LogP contribution in [0.2, 0.25) is 0 Å². The number of hydrogen-bond acceptors (Lipinski definition) is 3. The molecule has 0 aromatic heterocycles. The zero-order valence-electron chi connectivity index (χ0n) is 7.30. The van der Waals surface area contributed by atoms with Gasteiger partial charge in [-0.05, 0) is 25.7 Å².